The van der Waals surface area contributed by atoms with Crippen molar-refractivity contribution in [1.29, 1.82) is 0 Å². The van der Waals surface area contributed by atoms with Gasteiger partial charge in [-0.1, -0.05) is 11.6 Å². The van der Waals surface area contributed by atoms with Crippen molar-refractivity contribution in [3.8, 4) is 5.69 Å². The molecule has 2 heterocycles. The summed E-state index contributed by atoms with van der Waals surface area (Å²) in [5, 5.41) is 9.60. The van der Waals surface area contributed by atoms with Crippen molar-refractivity contribution in [2.75, 3.05) is 31.2 Å². The van der Waals surface area contributed by atoms with Crippen LogP contribution in [0, 0.1) is 0 Å². The second-order valence-electron chi connectivity index (χ2n) is 4.83. The van der Waals surface area contributed by atoms with E-state index >= 15 is 0 Å². The maximum atomic E-state index is 11.2. The topological polar surface area (TPSA) is 54.7 Å². The maximum Gasteiger partial charge on any atom is 0.352 e. The van der Waals surface area contributed by atoms with Crippen molar-refractivity contribution in [2.24, 2.45) is 0 Å². The number of aromatic nitrogens is 1. The summed E-state index contributed by atoms with van der Waals surface area (Å²) in [4.78, 5) is 13.5. The third-order valence-electron chi connectivity index (χ3n) is 3.51. The van der Waals surface area contributed by atoms with E-state index in [0.29, 0.717) is 5.02 Å². The molecule has 1 N–H and O–H groups in total. The lowest BCUT2D eigenvalue weighted by atomic mass is 10.2. The Labute approximate surface area is 127 Å². The number of hydrogen-bond acceptors (Lipinski definition) is 3. The van der Waals surface area contributed by atoms with Crippen LogP contribution in [0.3, 0.4) is 0 Å². The van der Waals surface area contributed by atoms with Crippen molar-refractivity contribution in [3.05, 3.63) is 47.2 Å². The number of carbonyl (C=O) groups is 1. The summed E-state index contributed by atoms with van der Waals surface area (Å²) >= 11 is 5.91. The van der Waals surface area contributed by atoms with E-state index in [-0.39, 0.29) is 5.69 Å². The van der Waals surface area contributed by atoms with Gasteiger partial charge in [0.1, 0.15) is 5.69 Å². The van der Waals surface area contributed by atoms with E-state index in [0.717, 1.165) is 37.7 Å². The van der Waals surface area contributed by atoms with Crippen LogP contribution in [0.1, 0.15) is 10.5 Å². The second kappa shape index (κ2) is 5.79. The number of carboxylic acids is 1. The predicted molar refractivity (Wildman–Crippen MR) is 80.8 cm³/mol. The molecular weight excluding hydrogens is 292 g/mol. The molecule has 1 aliphatic rings. The van der Waals surface area contributed by atoms with Gasteiger partial charge in [0.2, 0.25) is 0 Å². The van der Waals surface area contributed by atoms with Gasteiger partial charge >= 0.3 is 5.97 Å². The Balaban J connectivity index is 1.88. The normalized spacial score (nSPS) is 15.2. The molecule has 0 aliphatic carbocycles. The number of rotatable bonds is 3. The maximum absolute atomic E-state index is 11.2. The highest BCUT2D eigenvalue weighted by molar-refractivity contribution is 6.31. The minimum Gasteiger partial charge on any atom is -0.477 e. The summed E-state index contributed by atoms with van der Waals surface area (Å²) in [5.74, 6) is -1.00. The largest absolute Gasteiger partial charge is 0.477 e. The van der Waals surface area contributed by atoms with E-state index in [4.69, 9.17) is 16.3 Å². The summed E-state index contributed by atoms with van der Waals surface area (Å²) in [6.45, 7) is 3.21. The minimum absolute atomic E-state index is 0.152. The van der Waals surface area contributed by atoms with Crippen LogP contribution in [0.15, 0.2) is 36.5 Å². The lowest BCUT2D eigenvalue weighted by Crippen LogP contribution is -2.36. The Morgan fingerprint density at radius 2 is 1.76 bits per heavy atom. The molecule has 0 amide bonds. The molecule has 2 aromatic rings. The molecule has 1 aromatic carbocycles. The van der Waals surface area contributed by atoms with Gasteiger partial charge in [0.05, 0.1) is 18.2 Å². The van der Waals surface area contributed by atoms with E-state index in [1.165, 1.54) is 6.07 Å². The van der Waals surface area contributed by atoms with Crippen molar-refractivity contribution in [1.82, 2.24) is 4.57 Å². The summed E-state index contributed by atoms with van der Waals surface area (Å²) in [5.41, 5.74) is 2.03. The summed E-state index contributed by atoms with van der Waals surface area (Å²) < 4.78 is 6.91. The monoisotopic (exact) mass is 306 g/mol. The zero-order valence-corrected chi connectivity index (χ0v) is 12.1. The van der Waals surface area contributed by atoms with Crippen LogP contribution in [0.2, 0.25) is 5.02 Å². The molecule has 1 aromatic heterocycles. The number of hydrogen-bond donors (Lipinski definition) is 1. The highest BCUT2D eigenvalue weighted by Gasteiger charge is 2.14. The third kappa shape index (κ3) is 2.89. The van der Waals surface area contributed by atoms with Crippen LogP contribution in [0.5, 0.6) is 0 Å². The van der Waals surface area contributed by atoms with Gasteiger partial charge in [-0.2, -0.15) is 0 Å². The first kappa shape index (κ1) is 14.0. The van der Waals surface area contributed by atoms with Gasteiger partial charge in [0.15, 0.2) is 0 Å². The standard InChI is InChI=1S/C15H15ClN2O3/c16-11-9-14(15(19)20)18(10-11)13-3-1-12(2-4-13)17-5-7-21-8-6-17/h1-4,9-10H,5-8H2,(H,19,20). The average molecular weight is 307 g/mol. The van der Waals surface area contributed by atoms with E-state index in [2.05, 4.69) is 4.90 Å². The second-order valence-corrected chi connectivity index (χ2v) is 5.27. The lowest BCUT2D eigenvalue weighted by Gasteiger charge is -2.29. The van der Waals surface area contributed by atoms with Crippen LogP contribution in [-0.4, -0.2) is 41.9 Å². The van der Waals surface area contributed by atoms with Crippen molar-refractivity contribution in [3.63, 3.8) is 0 Å². The van der Waals surface area contributed by atoms with Crippen molar-refractivity contribution in [2.45, 2.75) is 0 Å². The smallest absolute Gasteiger partial charge is 0.352 e. The Kier molecular flexibility index (Phi) is 3.86. The molecule has 1 fully saturated rings. The van der Waals surface area contributed by atoms with E-state index in [1.807, 2.05) is 24.3 Å². The number of aromatic carboxylic acids is 1. The van der Waals surface area contributed by atoms with Gasteiger partial charge in [-0.25, -0.2) is 4.79 Å². The minimum atomic E-state index is -1.00. The molecule has 0 unspecified atom stereocenters. The quantitative estimate of drug-likeness (QED) is 0.947. The third-order valence-corrected chi connectivity index (χ3v) is 3.72. The van der Waals surface area contributed by atoms with Gasteiger partial charge in [0, 0.05) is 30.7 Å². The fourth-order valence-electron chi connectivity index (χ4n) is 2.45. The van der Waals surface area contributed by atoms with Crippen LogP contribution < -0.4 is 4.90 Å². The number of nitrogens with zero attached hydrogens (tertiary/aromatic N) is 2. The molecular formula is C15H15ClN2O3. The van der Waals surface area contributed by atoms with Gasteiger partial charge in [-0.15, -0.1) is 0 Å². The number of halogens is 1. The zero-order chi connectivity index (χ0) is 14.8. The molecule has 5 nitrogen and oxygen atoms in total. The number of carboxylic acid groups (broad SMARTS) is 1. The molecule has 3 rings (SSSR count). The molecule has 1 saturated heterocycles. The predicted octanol–water partition coefficient (Wildman–Crippen LogP) is 2.67. The SMILES string of the molecule is O=C(O)c1cc(Cl)cn1-c1ccc(N2CCOCC2)cc1. The summed E-state index contributed by atoms with van der Waals surface area (Å²) in [7, 11) is 0. The van der Waals surface area contributed by atoms with Crippen molar-refractivity contribution < 1.29 is 14.6 Å². The highest BCUT2D eigenvalue weighted by Crippen LogP contribution is 2.23. The molecule has 0 saturated carbocycles. The van der Waals surface area contributed by atoms with Gasteiger partial charge in [0.25, 0.3) is 0 Å². The zero-order valence-electron chi connectivity index (χ0n) is 11.3. The summed E-state index contributed by atoms with van der Waals surface area (Å²) in [6, 6.07) is 9.21. The lowest BCUT2D eigenvalue weighted by molar-refractivity contribution is 0.0688. The number of morpholine rings is 1. The Hall–Kier alpha value is -1.98. The average Bonchev–Trinajstić information content (AvgIpc) is 2.91. The molecule has 0 bridgehead atoms. The number of anilines is 1. The van der Waals surface area contributed by atoms with Gasteiger partial charge < -0.3 is 19.3 Å². The Morgan fingerprint density at radius 3 is 2.38 bits per heavy atom. The van der Waals surface area contributed by atoms with E-state index in [1.54, 1.807) is 10.8 Å². The van der Waals surface area contributed by atoms with Crippen LogP contribution >= 0.6 is 11.6 Å². The van der Waals surface area contributed by atoms with Gasteiger partial charge in [-0.3, -0.25) is 0 Å². The molecule has 110 valence electrons. The summed E-state index contributed by atoms with van der Waals surface area (Å²) in [6.07, 6.45) is 1.61. The first-order valence-electron chi connectivity index (χ1n) is 6.69. The Morgan fingerprint density at radius 1 is 1.14 bits per heavy atom. The molecule has 0 atom stereocenters. The van der Waals surface area contributed by atoms with Crippen molar-refractivity contribution >= 4 is 23.3 Å². The first-order chi connectivity index (χ1) is 10.1. The fraction of sp³-hybridized carbons (Fsp3) is 0.267. The molecule has 1 aliphatic heterocycles. The number of benzene rings is 1. The molecule has 6 heteroatoms. The van der Waals surface area contributed by atoms with Gasteiger partial charge in [-0.05, 0) is 30.3 Å². The fourth-order valence-corrected chi connectivity index (χ4v) is 2.66. The molecule has 0 spiro atoms. The van der Waals surface area contributed by atoms with E-state index < -0.39 is 5.97 Å². The first-order valence-corrected chi connectivity index (χ1v) is 7.07. The molecule has 0 radical (unpaired) electrons. The van der Waals surface area contributed by atoms with Crippen LogP contribution in [-0.2, 0) is 4.74 Å². The van der Waals surface area contributed by atoms with Crippen LogP contribution in [0.25, 0.3) is 5.69 Å². The Bertz CT molecular complexity index is 645. The van der Waals surface area contributed by atoms with E-state index in [9.17, 15) is 9.90 Å². The highest BCUT2D eigenvalue weighted by atomic mass is 35.5. The van der Waals surface area contributed by atoms with Crippen LogP contribution in [0.4, 0.5) is 5.69 Å². The molecule has 21 heavy (non-hydrogen) atoms. The number of ether oxygens (including phenoxy) is 1.